The molecule has 1 heterocycles. The summed E-state index contributed by atoms with van der Waals surface area (Å²) in [5.74, 6) is -2.73. The molecule has 1 aromatic rings. The number of nitro groups is 1. The second-order valence-corrected chi connectivity index (χ2v) is 4.80. The Morgan fingerprint density at radius 2 is 2.14 bits per heavy atom. The number of likely N-dealkylation sites (tertiary alicyclic amines) is 1. The summed E-state index contributed by atoms with van der Waals surface area (Å²) in [5, 5.41) is 20.1. The molecule has 8 heteroatoms. The molecule has 1 N–H and O–H groups in total. The number of nitro benzene ring substituents is 1. The topological polar surface area (TPSA) is 118 Å². The second-order valence-electron chi connectivity index (χ2n) is 4.80. The zero-order valence-electron chi connectivity index (χ0n) is 11.1. The van der Waals surface area contributed by atoms with Crippen LogP contribution >= 0.6 is 0 Å². The number of carboxylic acid groups (broad SMARTS) is 1. The van der Waals surface area contributed by atoms with Gasteiger partial charge in [0, 0.05) is 18.4 Å². The number of carbonyl (C=O) groups excluding carboxylic acids is 2. The summed E-state index contributed by atoms with van der Waals surface area (Å²) >= 11 is 0. The Hall–Kier alpha value is -2.77. The van der Waals surface area contributed by atoms with E-state index in [1.165, 1.54) is 12.1 Å². The Bertz CT molecular complexity index is 654. The zero-order valence-corrected chi connectivity index (χ0v) is 11.1. The summed E-state index contributed by atoms with van der Waals surface area (Å²) in [5.41, 5.74) is -0.998. The maximum absolute atomic E-state index is 11.8. The molecule has 1 atom stereocenters. The minimum atomic E-state index is -1.47. The van der Waals surface area contributed by atoms with Crippen molar-refractivity contribution < 1.29 is 24.4 Å². The van der Waals surface area contributed by atoms with E-state index in [-0.39, 0.29) is 18.5 Å². The van der Waals surface area contributed by atoms with Crippen molar-refractivity contribution in [2.24, 2.45) is 5.92 Å². The van der Waals surface area contributed by atoms with Crippen molar-refractivity contribution >= 4 is 23.5 Å². The fourth-order valence-electron chi connectivity index (χ4n) is 2.30. The van der Waals surface area contributed by atoms with Gasteiger partial charge in [0.1, 0.15) is 5.56 Å². The van der Waals surface area contributed by atoms with Gasteiger partial charge in [-0.3, -0.25) is 24.6 Å². The summed E-state index contributed by atoms with van der Waals surface area (Å²) in [6.07, 6.45) is 0.0656. The average molecular weight is 292 g/mol. The van der Waals surface area contributed by atoms with Gasteiger partial charge in [-0.2, -0.15) is 0 Å². The highest BCUT2D eigenvalue weighted by atomic mass is 16.6. The predicted octanol–water partition coefficient (Wildman–Crippen LogP) is 1.19. The first-order valence-corrected chi connectivity index (χ1v) is 6.16. The van der Waals surface area contributed by atoms with Crippen molar-refractivity contribution in [3.63, 3.8) is 0 Å². The van der Waals surface area contributed by atoms with E-state index in [0.717, 1.165) is 11.0 Å². The molecule has 1 aliphatic heterocycles. The van der Waals surface area contributed by atoms with Gasteiger partial charge in [0.2, 0.25) is 11.8 Å². The standard InChI is InChI=1S/C13H12N2O6/c1-7-5-10(16)14(12(7)17)6-8-3-2-4-9(15(20)21)11(8)13(18)19/h2-4,7H,5-6H2,1H3,(H,18,19). The van der Waals surface area contributed by atoms with Crippen LogP contribution in [0.4, 0.5) is 5.69 Å². The number of benzene rings is 1. The molecule has 110 valence electrons. The van der Waals surface area contributed by atoms with Gasteiger partial charge in [-0.15, -0.1) is 0 Å². The van der Waals surface area contributed by atoms with Crippen molar-refractivity contribution in [1.82, 2.24) is 4.90 Å². The quantitative estimate of drug-likeness (QED) is 0.506. The zero-order chi connectivity index (χ0) is 15.7. The molecule has 0 saturated carbocycles. The maximum Gasteiger partial charge on any atom is 0.343 e. The van der Waals surface area contributed by atoms with Crippen LogP contribution in [0.5, 0.6) is 0 Å². The molecule has 1 unspecified atom stereocenters. The van der Waals surface area contributed by atoms with Gasteiger partial charge in [0.15, 0.2) is 0 Å². The first kappa shape index (κ1) is 14.6. The van der Waals surface area contributed by atoms with Crippen molar-refractivity contribution in [2.75, 3.05) is 0 Å². The fourth-order valence-corrected chi connectivity index (χ4v) is 2.30. The van der Waals surface area contributed by atoms with Crippen LogP contribution in [0.1, 0.15) is 29.3 Å². The highest BCUT2D eigenvalue weighted by Crippen LogP contribution is 2.26. The first-order valence-electron chi connectivity index (χ1n) is 6.16. The van der Waals surface area contributed by atoms with Crippen molar-refractivity contribution in [2.45, 2.75) is 19.9 Å². The third kappa shape index (κ3) is 2.60. The lowest BCUT2D eigenvalue weighted by Crippen LogP contribution is -2.30. The molecule has 1 aromatic carbocycles. The van der Waals surface area contributed by atoms with E-state index in [9.17, 15) is 24.5 Å². The monoisotopic (exact) mass is 292 g/mol. The molecule has 1 aliphatic rings. The Morgan fingerprint density at radius 1 is 1.48 bits per heavy atom. The normalized spacial score (nSPS) is 18.1. The highest BCUT2D eigenvalue weighted by Gasteiger charge is 2.36. The summed E-state index contributed by atoms with van der Waals surface area (Å²) in [7, 11) is 0. The van der Waals surface area contributed by atoms with Crippen LogP contribution in [-0.4, -0.2) is 32.7 Å². The van der Waals surface area contributed by atoms with Gasteiger partial charge < -0.3 is 5.11 Å². The minimum absolute atomic E-state index is 0.0625. The molecule has 8 nitrogen and oxygen atoms in total. The Morgan fingerprint density at radius 3 is 2.62 bits per heavy atom. The summed E-state index contributed by atoms with van der Waals surface area (Å²) in [4.78, 5) is 45.9. The molecule has 0 aliphatic carbocycles. The summed E-state index contributed by atoms with van der Waals surface area (Å²) in [6, 6.07) is 3.76. The van der Waals surface area contributed by atoms with E-state index in [2.05, 4.69) is 0 Å². The highest BCUT2D eigenvalue weighted by molar-refractivity contribution is 6.03. The first-order chi connectivity index (χ1) is 9.82. The summed E-state index contributed by atoms with van der Waals surface area (Å²) < 4.78 is 0. The molecular formula is C13H12N2O6. The molecule has 1 fully saturated rings. The number of amides is 2. The number of hydrogen-bond donors (Lipinski definition) is 1. The van der Waals surface area contributed by atoms with Crippen molar-refractivity contribution in [3.8, 4) is 0 Å². The molecule has 0 bridgehead atoms. The number of imide groups is 1. The maximum atomic E-state index is 11.8. The fraction of sp³-hybridized carbons (Fsp3) is 0.308. The van der Waals surface area contributed by atoms with Crippen LogP contribution < -0.4 is 0 Å². The number of carbonyl (C=O) groups is 3. The van der Waals surface area contributed by atoms with Gasteiger partial charge in [-0.05, 0) is 5.56 Å². The molecule has 1 saturated heterocycles. The Labute approximate surface area is 119 Å². The van der Waals surface area contributed by atoms with Crippen LogP contribution in [0.15, 0.2) is 18.2 Å². The van der Waals surface area contributed by atoms with Crippen molar-refractivity contribution in [1.29, 1.82) is 0 Å². The van der Waals surface area contributed by atoms with Gasteiger partial charge in [-0.25, -0.2) is 4.79 Å². The molecule has 2 amide bonds. The largest absolute Gasteiger partial charge is 0.477 e. The third-order valence-corrected chi connectivity index (χ3v) is 3.34. The van der Waals surface area contributed by atoms with E-state index >= 15 is 0 Å². The van der Waals surface area contributed by atoms with Gasteiger partial charge >= 0.3 is 5.97 Å². The third-order valence-electron chi connectivity index (χ3n) is 3.34. The van der Waals surface area contributed by atoms with E-state index in [1.54, 1.807) is 6.92 Å². The second kappa shape index (κ2) is 5.31. The minimum Gasteiger partial charge on any atom is -0.477 e. The number of carboxylic acids is 1. The van der Waals surface area contributed by atoms with E-state index in [4.69, 9.17) is 5.11 Å². The van der Waals surface area contributed by atoms with E-state index < -0.39 is 39.9 Å². The Kier molecular flexibility index (Phi) is 3.70. The van der Waals surface area contributed by atoms with Crippen LogP contribution in [0.25, 0.3) is 0 Å². The molecular weight excluding hydrogens is 280 g/mol. The lowest BCUT2D eigenvalue weighted by Gasteiger charge is -2.15. The van der Waals surface area contributed by atoms with Crippen LogP contribution in [0.2, 0.25) is 0 Å². The van der Waals surface area contributed by atoms with E-state index in [0.29, 0.717) is 0 Å². The average Bonchev–Trinajstić information content (AvgIpc) is 2.64. The molecule has 0 spiro atoms. The molecule has 0 aromatic heterocycles. The van der Waals surface area contributed by atoms with Crippen molar-refractivity contribution in [3.05, 3.63) is 39.4 Å². The smallest absolute Gasteiger partial charge is 0.343 e. The van der Waals surface area contributed by atoms with Crippen LogP contribution in [0.3, 0.4) is 0 Å². The number of nitrogens with zero attached hydrogens (tertiary/aromatic N) is 2. The van der Waals surface area contributed by atoms with Gasteiger partial charge in [0.05, 0.1) is 11.5 Å². The number of aromatic carboxylic acids is 1. The molecule has 0 radical (unpaired) electrons. The van der Waals surface area contributed by atoms with Gasteiger partial charge in [-0.1, -0.05) is 19.1 Å². The molecule has 2 rings (SSSR count). The lowest BCUT2D eigenvalue weighted by atomic mass is 10.0. The van der Waals surface area contributed by atoms with E-state index in [1.807, 2.05) is 0 Å². The predicted molar refractivity (Wildman–Crippen MR) is 69.4 cm³/mol. The number of rotatable bonds is 4. The van der Waals surface area contributed by atoms with Crippen LogP contribution in [0, 0.1) is 16.0 Å². The lowest BCUT2D eigenvalue weighted by molar-refractivity contribution is -0.385. The Balaban J connectivity index is 2.43. The van der Waals surface area contributed by atoms with Gasteiger partial charge in [0.25, 0.3) is 5.69 Å². The van der Waals surface area contributed by atoms with Crippen LogP contribution in [-0.2, 0) is 16.1 Å². The molecule has 21 heavy (non-hydrogen) atoms. The summed E-state index contributed by atoms with van der Waals surface area (Å²) in [6.45, 7) is 1.33. The number of hydrogen-bond acceptors (Lipinski definition) is 5. The SMILES string of the molecule is CC1CC(=O)N(Cc2cccc([N+](=O)[O-])c2C(=O)O)C1=O.